The standard InChI is InChI=1S/C16H21N5O/c1-12(22)21-7-4-13(5-8-21)9-14-10-17-11-15(19-14)16-3-6-18-20(16)2/h3,6,10-11,13H,4-5,7-9H2,1-2H3. The maximum atomic E-state index is 11.4. The molecule has 22 heavy (non-hydrogen) atoms. The lowest BCUT2D eigenvalue weighted by molar-refractivity contribution is -0.130. The van der Waals surface area contributed by atoms with Crippen LogP contribution in [0.4, 0.5) is 0 Å². The molecule has 2 aromatic rings. The third-order valence-electron chi connectivity index (χ3n) is 4.33. The third-order valence-corrected chi connectivity index (χ3v) is 4.33. The molecule has 2 aromatic heterocycles. The van der Waals surface area contributed by atoms with E-state index < -0.39 is 0 Å². The highest BCUT2D eigenvalue weighted by Crippen LogP contribution is 2.22. The number of hydrogen-bond acceptors (Lipinski definition) is 4. The lowest BCUT2D eigenvalue weighted by atomic mass is 9.92. The minimum Gasteiger partial charge on any atom is -0.343 e. The van der Waals surface area contributed by atoms with E-state index in [1.807, 2.05) is 24.2 Å². The van der Waals surface area contributed by atoms with E-state index in [2.05, 4.69) is 10.1 Å². The number of likely N-dealkylation sites (tertiary alicyclic amines) is 1. The average molecular weight is 299 g/mol. The van der Waals surface area contributed by atoms with Crippen LogP contribution < -0.4 is 0 Å². The summed E-state index contributed by atoms with van der Waals surface area (Å²) in [7, 11) is 1.90. The van der Waals surface area contributed by atoms with Crippen molar-refractivity contribution in [3.63, 3.8) is 0 Å². The van der Waals surface area contributed by atoms with Crippen LogP contribution >= 0.6 is 0 Å². The Balaban J connectivity index is 1.67. The molecule has 1 aliphatic heterocycles. The molecule has 1 aliphatic rings. The predicted octanol–water partition coefficient (Wildman–Crippen LogP) is 1.68. The van der Waals surface area contributed by atoms with Gasteiger partial charge in [-0.3, -0.25) is 14.5 Å². The Morgan fingerprint density at radius 1 is 1.32 bits per heavy atom. The Morgan fingerprint density at radius 3 is 2.73 bits per heavy atom. The molecule has 0 unspecified atom stereocenters. The molecule has 0 radical (unpaired) electrons. The van der Waals surface area contributed by atoms with Crippen molar-refractivity contribution in [2.45, 2.75) is 26.2 Å². The largest absolute Gasteiger partial charge is 0.343 e. The first kappa shape index (κ1) is 14.7. The second kappa shape index (κ2) is 6.25. The van der Waals surface area contributed by atoms with Crippen molar-refractivity contribution in [1.82, 2.24) is 24.6 Å². The second-order valence-corrected chi connectivity index (χ2v) is 5.89. The molecule has 0 atom stereocenters. The van der Waals surface area contributed by atoms with Crippen LogP contribution in [0.1, 0.15) is 25.5 Å². The van der Waals surface area contributed by atoms with Crippen molar-refractivity contribution in [1.29, 1.82) is 0 Å². The maximum Gasteiger partial charge on any atom is 0.219 e. The molecule has 3 heterocycles. The fourth-order valence-corrected chi connectivity index (χ4v) is 3.00. The molecule has 6 nitrogen and oxygen atoms in total. The molecule has 0 bridgehead atoms. The summed E-state index contributed by atoms with van der Waals surface area (Å²) in [6, 6.07) is 1.94. The monoisotopic (exact) mass is 299 g/mol. The topological polar surface area (TPSA) is 63.9 Å². The fraction of sp³-hybridized carbons (Fsp3) is 0.500. The number of hydrogen-bond donors (Lipinski definition) is 0. The number of nitrogens with zero attached hydrogens (tertiary/aromatic N) is 5. The van der Waals surface area contributed by atoms with Gasteiger partial charge in [0.1, 0.15) is 5.69 Å². The van der Waals surface area contributed by atoms with Gasteiger partial charge in [0.2, 0.25) is 5.91 Å². The second-order valence-electron chi connectivity index (χ2n) is 5.89. The first-order chi connectivity index (χ1) is 10.6. The smallest absolute Gasteiger partial charge is 0.219 e. The number of amides is 1. The third kappa shape index (κ3) is 3.16. The van der Waals surface area contributed by atoms with Gasteiger partial charge in [0.25, 0.3) is 0 Å². The molecule has 0 N–H and O–H groups in total. The lowest BCUT2D eigenvalue weighted by Gasteiger charge is -2.31. The molecule has 0 spiro atoms. The van der Waals surface area contributed by atoms with Gasteiger partial charge in [-0.1, -0.05) is 0 Å². The first-order valence-corrected chi connectivity index (χ1v) is 7.68. The summed E-state index contributed by atoms with van der Waals surface area (Å²) < 4.78 is 1.80. The van der Waals surface area contributed by atoms with Gasteiger partial charge >= 0.3 is 0 Å². The van der Waals surface area contributed by atoms with Crippen LogP contribution in [0.25, 0.3) is 11.4 Å². The van der Waals surface area contributed by atoms with Crippen molar-refractivity contribution in [2.24, 2.45) is 13.0 Å². The van der Waals surface area contributed by atoms with E-state index in [0.717, 1.165) is 49.4 Å². The van der Waals surface area contributed by atoms with E-state index in [4.69, 9.17) is 4.98 Å². The van der Waals surface area contributed by atoms with E-state index in [9.17, 15) is 4.79 Å². The summed E-state index contributed by atoms with van der Waals surface area (Å²) in [5.41, 5.74) is 2.85. The van der Waals surface area contributed by atoms with E-state index in [1.165, 1.54) is 0 Å². The zero-order valence-corrected chi connectivity index (χ0v) is 13.1. The van der Waals surface area contributed by atoms with Gasteiger partial charge in [0.15, 0.2) is 0 Å². The summed E-state index contributed by atoms with van der Waals surface area (Å²) in [5, 5.41) is 4.17. The number of carbonyl (C=O) groups excluding carboxylic acids is 1. The zero-order valence-electron chi connectivity index (χ0n) is 13.1. The molecule has 1 fully saturated rings. The normalized spacial score (nSPS) is 16.0. The minimum atomic E-state index is 0.177. The first-order valence-electron chi connectivity index (χ1n) is 7.68. The highest BCUT2D eigenvalue weighted by molar-refractivity contribution is 5.73. The zero-order chi connectivity index (χ0) is 15.5. The van der Waals surface area contributed by atoms with Crippen LogP contribution in [0.15, 0.2) is 24.7 Å². The Bertz CT molecular complexity index is 658. The molecule has 3 rings (SSSR count). The predicted molar refractivity (Wildman–Crippen MR) is 82.9 cm³/mol. The van der Waals surface area contributed by atoms with Gasteiger partial charge in [-0.05, 0) is 31.2 Å². The Kier molecular flexibility index (Phi) is 4.18. The van der Waals surface area contributed by atoms with Crippen molar-refractivity contribution in [3.8, 4) is 11.4 Å². The van der Waals surface area contributed by atoms with Crippen molar-refractivity contribution in [3.05, 3.63) is 30.4 Å². The number of rotatable bonds is 3. The molecule has 6 heteroatoms. The quantitative estimate of drug-likeness (QED) is 0.865. The highest BCUT2D eigenvalue weighted by atomic mass is 16.2. The van der Waals surface area contributed by atoms with Gasteiger partial charge in [-0.25, -0.2) is 4.98 Å². The maximum absolute atomic E-state index is 11.4. The van der Waals surface area contributed by atoms with Crippen molar-refractivity contribution in [2.75, 3.05) is 13.1 Å². The number of aryl methyl sites for hydroxylation is 1. The van der Waals surface area contributed by atoms with E-state index in [-0.39, 0.29) is 5.91 Å². The Labute approximate surface area is 130 Å². The molecule has 0 saturated carbocycles. The summed E-state index contributed by atoms with van der Waals surface area (Å²) >= 11 is 0. The van der Waals surface area contributed by atoms with Gasteiger partial charge < -0.3 is 4.90 Å². The van der Waals surface area contributed by atoms with Gasteiger partial charge in [-0.2, -0.15) is 5.10 Å². The Hall–Kier alpha value is -2.24. The molecular formula is C16H21N5O. The van der Waals surface area contributed by atoms with Crippen LogP contribution in [-0.4, -0.2) is 43.6 Å². The molecule has 116 valence electrons. The lowest BCUT2D eigenvalue weighted by Crippen LogP contribution is -2.37. The van der Waals surface area contributed by atoms with Crippen LogP contribution in [0.5, 0.6) is 0 Å². The summed E-state index contributed by atoms with van der Waals surface area (Å²) in [6.07, 6.45) is 8.39. The summed E-state index contributed by atoms with van der Waals surface area (Å²) in [5.74, 6) is 0.753. The summed E-state index contributed by atoms with van der Waals surface area (Å²) in [4.78, 5) is 22.3. The number of piperidine rings is 1. The van der Waals surface area contributed by atoms with Gasteiger partial charge in [-0.15, -0.1) is 0 Å². The molecule has 0 aliphatic carbocycles. The molecule has 1 saturated heterocycles. The fourth-order valence-electron chi connectivity index (χ4n) is 3.00. The average Bonchev–Trinajstić information content (AvgIpc) is 2.94. The van der Waals surface area contributed by atoms with Crippen LogP contribution in [0.3, 0.4) is 0 Å². The highest BCUT2D eigenvalue weighted by Gasteiger charge is 2.21. The number of aromatic nitrogens is 4. The van der Waals surface area contributed by atoms with Crippen molar-refractivity contribution >= 4 is 5.91 Å². The number of carbonyl (C=O) groups is 1. The minimum absolute atomic E-state index is 0.177. The molecule has 0 aromatic carbocycles. The van der Waals surface area contributed by atoms with E-state index in [1.54, 1.807) is 24.0 Å². The van der Waals surface area contributed by atoms with Gasteiger partial charge in [0, 0.05) is 39.5 Å². The van der Waals surface area contributed by atoms with E-state index >= 15 is 0 Å². The SMILES string of the molecule is CC(=O)N1CCC(Cc2cncc(-c3ccnn3C)n2)CC1. The van der Waals surface area contributed by atoms with Crippen LogP contribution in [0.2, 0.25) is 0 Å². The summed E-state index contributed by atoms with van der Waals surface area (Å²) in [6.45, 7) is 3.35. The van der Waals surface area contributed by atoms with Gasteiger partial charge in [0.05, 0.1) is 17.6 Å². The Morgan fingerprint density at radius 2 is 2.09 bits per heavy atom. The molecule has 1 amide bonds. The van der Waals surface area contributed by atoms with Crippen LogP contribution in [-0.2, 0) is 18.3 Å². The van der Waals surface area contributed by atoms with Crippen molar-refractivity contribution < 1.29 is 4.79 Å². The van der Waals surface area contributed by atoms with E-state index in [0.29, 0.717) is 5.92 Å². The van der Waals surface area contributed by atoms with Crippen LogP contribution in [0, 0.1) is 5.92 Å². The molecular weight excluding hydrogens is 278 g/mol.